The van der Waals surface area contributed by atoms with Gasteiger partial charge in [0.2, 0.25) is 0 Å². The van der Waals surface area contributed by atoms with Crippen molar-refractivity contribution < 1.29 is 14.2 Å². The largest absolute Gasteiger partial charge is 0.544 e. The van der Waals surface area contributed by atoms with Gasteiger partial charge in [-0.05, 0) is 17.4 Å². The second kappa shape index (κ2) is 2.00. The van der Waals surface area contributed by atoms with Gasteiger partial charge in [-0.25, -0.2) is 0 Å². The number of ether oxygens (including phenoxy) is 1. The third kappa shape index (κ3) is 0.746. The van der Waals surface area contributed by atoms with Crippen LogP contribution in [0.4, 0.5) is 0 Å². The second-order valence-corrected chi connectivity index (χ2v) is 4.27. The Morgan fingerprint density at radius 1 is 1.60 bits per heavy atom. The summed E-state index contributed by atoms with van der Waals surface area (Å²) in [5.41, 5.74) is 0. The monoisotopic (exact) mass is 161 g/mol. The number of hydrogen-bond acceptors (Lipinski definition) is 2. The smallest absolute Gasteiger partial charge is 0.317 e. The molecule has 0 bridgehead atoms. The lowest BCUT2D eigenvalue weighted by Gasteiger charge is -2.04. The molecule has 0 amide bonds. The van der Waals surface area contributed by atoms with E-state index in [9.17, 15) is 4.57 Å². The van der Waals surface area contributed by atoms with Crippen molar-refractivity contribution in [2.24, 2.45) is 0 Å². The van der Waals surface area contributed by atoms with Crippen LogP contribution in [0.3, 0.4) is 0 Å². The van der Waals surface area contributed by atoms with Gasteiger partial charge in [0.1, 0.15) is 6.10 Å². The van der Waals surface area contributed by atoms with Crippen LogP contribution >= 0.6 is 8.03 Å². The minimum atomic E-state index is -2.10. The second-order valence-electron chi connectivity index (χ2n) is 2.97. The van der Waals surface area contributed by atoms with Crippen molar-refractivity contribution in [2.45, 2.75) is 37.1 Å². The highest BCUT2D eigenvalue weighted by molar-refractivity contribution is 7.40. The van der Waals surface area contributed by atoms with E-state index in [1.165, 1.54) is 0 Å². The molecule has 0 radical (unpaired) electrons. The molecular weight excluding hydrogens is 151 g/mol. The van der Waals surface area contributed by atoms with Gasteiger partial charge in [-0.1, -0.05) is 6.42 Å². The third-order valence-corrected chi connectivity index (χ3v) is 3.63. The van der Waals surface area contributed by atoms with E-state index < -0.39 is 13.4 Å². The van der Waals surface area contributed by atoms with Crippen LogP contribution in [0.5, 0.6) is 0 Å². The molecule has 3 nitrogen and oxygen atoms in total. The Labute approximate surface area is 60.3 Å². The van der Waals surface area contributed by atoms with Crippen LogP contribution in [0.15, 0.2) is 0 Å². The molecule has 56 valence electrons. The molecule has 0 aromatic carbocycles. The van der Waals surface area contributed by atoms with Crippen molar-refractivity contribution in [2.75, 3.05) is 0 Å². The first-order valence-electron chi connectivity index (χ1n) is 3.60. The summed E-state index contributed by atoms with van der Waals surface area (Å²) in [5.74, 6) is 0. The number of epoxide rings is 1. The fraction of sp³-hybridized carbons (Fsp3) is 1.00. The van der Waals surface area contributed by atoms with E-state index in [1.807, 2.05) is 0 Å². The summed E-state index contributed by atoms with van der Waals surface area (Å²) < 4.78 is 15.9. The van der Waals surface area contributed by atoms with Crippen molar-refractivity contribution in [3.05, 3.63) is 0 Å². The molecule has 1 aliphatic carbocycles. The van der Waals surface area contributed by atoms with E-state index in [-0.39, 0.29) is 6.10 Å². The summed E-state index contributed by atoms with van der Waals surface area (Å²) in [6.07, 6.45) is 4.05. The van der Waals surface area contributed by atoms with Crippen LogP contribution in [0.1, 0.15) is 25.7 Å². The van der Waals surface area contributed by atoms with Crippen LogP contribution in [0.2, 0.25) is 0 Å². The Kier molecular flexibility index (Phi) is 1.34. The van der Waals surface area contributed by atoms with Gasteiger partial charge < -0.3 is 4.74 Å². The minimum absolute atomic E-state index is 0.106. The number of fused-ring (bicyclic) bond motifs is 1. The number of hydrogen-bond donors (Lipinski definition) is 1. The molecule has 3 atom stereocenters. The molecule has 1 heterocycles. The van der Waals surface area contributed by atoms with Gasteiger partial charge in [0, 0.05) is 6.42 Å². The predicted octanol–water partition coefficient (Wildman–Crippen LogP) is 1.39. The topological polar surface area (TPSA) is 49.8 Å². The van der Waals surface area contributed by atoms with E-state index >= 15 is 0 Å². The molecule has 1 saturated carbocycles. The van der Waals surface area contributed by atoms with Gasteiger partial charge in [0.15, 0.2) is 0 Å². The van der Waals surface area contributed by atoms with Gasteiger partial charge in [-0.3, -0.25) is 0 Å². The molecule has 3 unspecified atom stereocenters. The SMILES string of the molecule is O=[P+](O)C12CCCCC1O2. The third-order valence-electron chi connectivity index (χ3n) is 2.37. The molecule has 2 rings (SSSR count). The first-order valence-corrected chi connectivity index (χ1v) is 4.81. The molecule has 10 heavy (non-hydrogen) atoms. The zero-order valence-electron chi connectivity index (χ0n) is 5.62. The molecule has 2 fully saturated rings. The number of rotatable bonds is 1. The van der Waals surface area contributed by atoms with Crippen molar-refractivity contribution in [3.63, 3.8) is 0 Å². The Hall–Kier alpha value is 0.0200. The Balaban J connectivity index is 2.12. The van der Waals surface area contributed by atoms with E-state index in [0.717, 1.165) is 25.7 Å². The van der Waals surface area contributed by atoms with Crippen molar-refractivity contribution >= 4 is 8.03 Å². The summed E-state index contributed by atoms with van der Waals surface area (Å²) in [7, 11) is -2.10. The molecule has 1 N–H and O–H groups in total. The lowest BCUT2D eigenvalue weighted by Crippen LogP contribution is -2.14. The molecule has 0 aromatic rings. The van der Waals surface area contributed by atoms with E-state index in [1.54, 1.807) is 0 Å². The molecule has 4 heteroatoms. The normalized spacial score (nSPS) is 46.1. The van der Waals surface area contributed by atoms with E-state index in [2.05, 4.69) is 0 Å². The first-order chi connectivity index (χ1) is 4.76. The average molecular weight is 161 g/mol. The Morgan fingerprint density at radius 2 is 2.40 bits per heavy atom. The van der Waals surface area contributed by atoms with Gasteiger partial charge >= 0.3 is 13.4 Å². The van der Waals surface area contributed by atoms with E-state index in [0.29, 0.717) is 0 Å². The molecule has 2 aliphatic rings. The zero-order valence-corrected chi connectivity index (χ0v) is 6.51. The molecule has 0 spiro atoms. The van der Waals surface area contributed by atoms with Crippen LogP contribution in [0.25, 0.3) is 0 Å². The van der Waals surface area contributed by atoms with Gasteiger partial charge in [0.05, 0.1) is 0 Å². The fourth-order valence-electron chi connectivity index (χ4n) is 1.69. The first kappa shape index (κ1) is 6.71. The van der Waals surface area contributed by atoms with Crippen LogP contribution < -0.4 is 0 Å². The van der Waals surface area contributed by atoms with Crippen LogP contribution in [0, 0.1) is 0 Å². The maximum atomic E-state index is 10.7. The standard InChI is InChI=1S/C6H9O3P/c7-10(8)6-4-2-1-3-5(6)9-6/h5H,1-4H2/p+1. The highest BCUT2D eigenvalue weighted by atomic mass is 31.1. The lowest BCUT2D eigenvalue weighted by molar-refractivity contribution is 0.331. The van der Waals surface area contributed by atoms with Gasteiger partial charge in [0.25, 0.3) is 0 Å². The zero-order chi connectivity index (χ0) is 7.19. The highest BCUT2D eigenvalue weighted by Crippen LogP contribution is 2.60. The molecule has 0 aromatic heterocycles. The maximum Gasteiger partial charge on any atom is 0.544 e. The molecule has 1 aliphatic heterocycles. The van der Waals surface area contributed by atoms with Crippen molar-refractivity contribution in [1.29, 1.82) is 0 Å². The van der Waals surface area contributed by atoms with E-state index in [4.69, 9.17) is 9.63 Å². The van der Waals surface area contributed by atoms with Gasteiger partial charge in [-0.15, -0.1) is 0 Å². The molecule has 1 saturated heterocycles. The Morgan fingerprint density at radius 3 is 2.90 bits per heavy atom. The highest BCUT2D eigenvalue weighted by Gasteiger charge is 2.72. The van der Waals surface area contributed by atoms with Crippen molar-refractivity contribution in [1.82, 2.24) is 0 Å². The average Bonchev–Trinajstić information content (AvgIpc) is 2.61. The maximum absolute atomic E-state index is 10.7. The summed E-state index contributed by atoms with van der Waals surface area (Å²) in [6, 6.07) is 0. The summed E-state index contributed by atoms with van der Waals surface area (Å²) in [5, 5.41) is -0.590. The predicted molar refractivity (Wildman–Crippen MR) is 35.9 cm³/mol. The minimum Gasteiger partial charge on any atom is -0.317 e. The summed E-state index contributed by atoms with van der Waals surface area (Å²) >= 11 is 0. The quantitative estimate of drug-likeness (QED) is 0.467. The van der Waals surface area contributed by atoms with Crippen LogP contribution in [-0.2, 0) is 9.30 Å². The summed E-state index contributed by atoms with van der Waals surface area (Å²) in [6.45, 7) is 0. The van der Waals surface area contributed by atoms with Gasteiger partial charge in [-0.2, -0.15) is 4.89 Å². The molecular formula is C6H10O3P+. The fourth-order valence-corrected chi connectivity index (χ4v) is 2.63. The van der Waals surface area contributed by atoms with Crippen molar-refractivity contribution in [3.8, 4) is 0 Å². The van der Waals surface area contributed by atoms with Crippen LogP contribution in [-0.4, -0.2) is 16.3 Å². The Bertz CT molecular complexity index is 182. The lowest BCUT2D eigenvalue weighted by atomic mass is 10.0. The summed E-state index contributed by atoms with van der Waals surface area (Å²) in [4.78, 5) is 8.86.